The minimum Gasteiger partial charge on any atom is -0.332 e. The summed E-state index contributed by atoms with van der Waals surface area (Å²) in [6.07, 6.45) is 0.357. The van der Waals surface area contributed by atoms with Gasteiger partial charge in [0, 0.05) is 23.4 Å². The molecular weight excluding hydrogens is 380 g/mol. The maximum atomic E-state index is 12.3. The molecule has 0 aliphatic rings. The molecule has 0 atom stereocenters. The highest BCUT2D eigenvalue weighted by Gasteiger charge is 2.10. The molecule has 27 heavy (non-hydrogen) atoms. The highest BCUT2D eigenvalue weighted by atomic mass is 32.1. The highest BCUT2D eigenvalue weighted by molar-refractivity contribution is 7.80. The molecule has 2 rings (SSSR count). The Hall–Kier alpha value is -2.84. The van der Waals surface area contributed by atoms with Gasteiger partial charge in [0.25, 0.3) is 5.91 Å². The van der Waals surface area contributed by atoms with Gasteiger partial charge in [0.05, 0.1) is 0 Å². The Morgan fingerprint density at radius 2 is 1.37 bits per heavy atom. The summed E-state index contributed by atoms with van der Waals surface area (Å²) in [5.74, 6) is -0.415. The quantitative estimate of drug-likeness (QED) is 0.590. The van der Waals surface area contributed by atoms with Crippen LogP contribution in [-0.2, 0) is 4.79 Å². The average Bonchev–Trinajstić information content (AvgIpc) is 2.63. The molecule has 0 heterocycles. The zero-order valence-electron chi connectivity index (χ0n) is 15.0. The minimum atomic E-state index is -0.263. The molecule has 0 aliphatic carbocycles. The number of hydrogen-bond donors (Lipinski definition) is 4. The molecule has 0 radical (unpaired) electrons. The number of carbonyl (C=O) groups is 2. The zero-order valence-corrected chi connectivity index (χ0v) is 16.6. The lowest BCUT2D eigenvalue weighted by Gasteiger charge is -2.12. The van der Waals surface area contributed by atoms with Crippen LogP contribution in [0, 0.1) is 6.92 Å². The Bertz CT molecular complexity index is 866. The first-order chi connectivity index (χ1) is 12.9. The first-order valence-corrected chi connectivity index (χ1v) is 9.09. The van der Waals surface area contributed by atoms with E-state index in [0.717, 1.165) is 11.3 Å². The third kappa shape index (κ3) is 6.43. The summed E-state index contributed by atoms with van der Waals surface area (Å²) in [7, 11) is 0. The summed E-state index contributed by atoms with van der Waals surface area (Å²) in [6, 6.07) is 14.4. The van der Waals surface area contributed by atoms with Crippen molar-refractivity contribution in [3.8, 4) is 0 Å². The van der Waals surface area contributed by atoms with Crippen molar-refractivity contribution in [3.63, 3.8) is 0 Å². The van der Waals surface area contributed by atoms with Gasteiger partial charge in [-0.2, -0.15) is 0 Å². The van der Waals surface area contributed by atoms with Gasteiger partial charge in [-0.3, -0.25) is 14.9 Å². The fraction of sp³-hybridized carbons (Fsp3) is 0.158. The van der Waals surface area contributed by atoms with E-state index in [-0.39, 0.29) is 22.0 Å². The Morgan fingerprint density at radius 1 is 0.852 bits per heavy atom. The monoisotopic (exact) mass is 400 g/mol. The van der Waals surface area contributed by atoms with Crippen molar-refractivity contribution in [2.45, 2.75) is 20.3 Å². The molecule has 6 nitrogen and oxygen atoms in total. The summed E-state index contributed by atoms with van der Waals surface area (Å²) >= 11 is 10.3. The fourth-order valence-corrected chi connectivity index (χ4v) is 2.62. The van der Waals surface area contributed by atoms with Crippen LogP contribution in [0.25, 0.3) is 0 Å². The van der Waals surface area contributed by atoms with Gasteiger partial charge < -0.3 is 16.0 Å². The fourth-order valence-electron chi connectivity index (χ4n) is 2.17. The maximum Gasteiger partial charge on any atom is 0.257 e. The molecule has 0 aromatic heterocycles. The second-order valence-electron chi connectivity index (χ2n) is 5.66. The molecule has 2 aromatic rings. The van der Waals surface area contributed by atoms with Crippen LogP contribution in [0.15, 0.2) is 48.5 Å². The van der Waals surface area contributed by atoms with Gasteiger partial charge in [-0.1, -0.05) is 25.1 Å². The molecule has 4 N–H and O–H groups in total. The topological polar surface area (TPSA) is 82.3 Å². The first kappa shape index (κ1) is 20.5. The lowest BCUT2D eigenvalue weighted by molar-refractivity contribution is -0.119. The lowest BCUT2D eigenvalue weighted by atomic mass is 10.1. The Balaban J connectivity index is 1.89. The number of thiocarbonyl (C=S) groups is 2. The van der Waals surface area contributed by atoms with Crippen LogP contribution in [0.5, 0.6) is 0 Å². The Kier molecular flexibility index (Phi) is 7.39. The smallest absolute Gasteiger partial charge is 0.257 e. The van der Waals surface area contributed by atoms with E-state index in [1.165, 1.54) is 0 Å². The zero-order chi connectivity index (χ0) is 19.8. The summed E-state index contributed by atoms with van der Waals surface area (Å²) < 4.78 is 0. The standard InChI is InChI=1S/C19H20N4O2S2/c1-3-16(24)22-18(26)20-13-8-10-14(11-9-13)21-19(27)23-17(25)15-7-5-4-6-12(15)2/h4-11H,3H2,1-2H3,(H2,20,22,24,26)(H2,21,23,25,27). The predicted molar refractivity (Wildman–Crippen MR) is 116 cm³/mol. The second kappa shape index (κ2) is 9.75. The van der Waals surface area contributed by atoms with Crippen LogP contribution in [0.1, 0.15) is 29.3 Å². The van der Waals surface area contributed by atoms with Gasteiger partial charge in [-0.25, -0.2) is 0 Å². The number of benzene rings is 2. The van der Waals surface area contributed by atoms with Crippen molar-refractivity contribution >= 4 is 57.8 Å². The van der Waals surface area contributed by atoms with E-state index in [1.54, 1.807) is 43.3 Å². The molecule has 0 aliphatic heterocycles. The summed E-state index contributed by atoms with van der Waals surface area (Å²) in [6.45, 7) is 3.61. The third-order valence-electron chi connectivity index (χ3n) is 3.59. The van der Waals surface area contributed by atoms with Crippen LogP contribution < -0.4 is 21.3 Å². The number of nitrogens with one attached hydrogen (secondary N) is 4. The normalized spacial score (nSPS) is 9.85. The SMILES string of the molecule is CCC(=O)NC(=S)Nc1ccc(NC(=S)NC(=O)c2ccccc2C)cc1. The first-order valence-electron chi connectivity index (χ1n) is 8.28. The van der Waals surface area contributed by atoms with Crippen LogP contribution >= 0.6 is 24.4 Å². The van der Waals surface area contributed by atoms with Crippen molar-refractivity contribution < 1.29 is 9.59 Å². The molecule has 2 amide bonds. The van der Waals surface area contributed by atoms with E-state index in [2.05, 4.69) is 21.3 Å². The Morgan fingerprint density at radius 3 is 1.89 bits per heavy atom. The second-order valence-corrected chi connectivity index (χ2v) is 6.47. The summed E-state index contributed by atoms with van der Waals surface area (Å²) in [5, 5.41) is 11.5. The van der Waals surface area contributed by atoms with Crippen molar-refractivity contribution in [3.05, 3.63) is 59.7 Å². The number of hydrogen-bond acceptors (Lipinski definition) is 4. The van der Waals surface area contributed by atoms with Crippen molar-refractivity contribution in [2.24, 2.45) is 0 Å². The van der Waals surface area contributed by atoms with Crippen LogP contribution in [0.3, 0.4) is 0 Å². The number of rotatable bonds is 4. The molecule has 140 valence electrons. The molecule has 0 saturated heterocycles. The highest BCUT2D eigenvalue weighted by Crippen LogP contribution is 2.14. The molecular formula is C19H20N4O2S2. The van der Waals surface area contributed by atoms with Crippen molar-refractivity contribution in [2.75, 3.05) is 10.6 Å². The molecule has 2 aromatic carbocycles. The van der Waals surface area contributed by atoms with Crippen LogP contribution in [-0.4, -0.2) is 22.0 Å². The largest absolute Gasteiger partial charge is 0.332 e. The van der Waals surface area contributed by atoms with E-state index in [1.807, 2.05) is 19.1 Å². The molecule has 8 heteroatoms. The molecule has 0 bridgehead atoms. The molecule has 0 fully saturated rings. The summed E-state index contributed by atoms with van der Waals surface area (Å²) in [4.78, 5) is 23.6. The summed E-state index contributed by atoms with van der Waals surface area (Å²) in [5.41, 5.74) is 2.87. The Labute approximate surface area is 168 Å². The maximum absolute atomic E-state index is 12.3. The average molecular weight is 401 g/mol. The van der Waals surface area contributed by atoms with Crippen molar-refractivity contribution in [1.29, 1.82) is 0 Å². The van der Waals surface area contributed by atoms with Crippen LogP contribution in [0.4, 0.5) is 11.4 Å². The number of aryl methyl sites for hydroxylation is 1. The van der Waals surface area contributed by atoms with Gasteiger partial charge in [-0.05, 0) is 67.3 Å². The van der Waals surface area contributed by atoms with Gasteiger partial charge >= 0.3 is 0 Å². The number of anilines is 2. The number of carbonyl (C=O) groups excluding carboxylic acids is 2. The van der Waals surface area contributed by atoms with E-state index in [0.29, 0.717) is 17.7 Å². The molecule has 0 unspecified atom stereocenters. The molecule has 0 saturated carbocycles. The van der Waals surface area contributed by atoms with E-state index < -0.39 is 0 Å². The third-order valence-corrected chi connectivity index (χ3v) is 4.00. The van der Waals surface area contributed by atoms with Crippen LogP contribution in [0.2, 0.25) is 0 Å². The molecule has 0 spiro atoms. The van der Waals surface area contributed by atoms with Gasteiger partial charge in [0.2, 0.25) is 5.91 Å². The number of amides is 2. The van der Waals surface area contributed by atoms with Gasteiger partial charge in [0.1, 0.15) is 0 Å². The predicted octanol–water partition coefficient (Wildman–Crippen LogP) is 3.34. The van der Waals surface area contributed by atoms with E-state index >= 15 is 0 Å². The van der Waals surface area contributed by atoms with E-state index in [9.17, 15) is 9.59 Å². The van der Waals surface area contributed by atoms with Gasteiger partial charge in [-0.15, -0.1) is 0 Å². The van der Waals surface area contributed by atoms with E-state index in [4.69, 9.17) is 24.4 Å². The minimum absolute atomic E-state index is 0.152. The lowest BCUT2D eigenvalue weighted by Crippen LogP contribution is -2.34. The van der Waals surface area contributed by atoms with Gasteiger partial charge in [0.15, 0.2) is 10.2 Å². The van der Waals surface area contributed by atoms with Crippen molar-refractivity contribution in [1.82, 2.24) is 10.6 Å².